The number of hydrogen-bond donors (Lipinski definition) is 1. The molecule has 0 saturated carbocycles. The first kappa shape index (κ1) is 15.0. The van der Waals surface area contributed by atoms with Gasteiger partial charge in [0.05, 0.1) is 5.69 Å². The zero-order valence-electron chi connectivity index (χ0n) is 14.1. The number of carbonyl (C=O) groups excluding carboxylic acids is 1. The van der Waals surface area contributed by atoms with Crippen LogP contribution in [-0.4, -0.2) is 11.1 Å². The Morgan fingerprint density at radius 2 is 2.17 bits per heavy atom. The Bertz CT molecular complexity index is 936. The van der Waals surface area contributed by atoms with Gasteiger partial charge in [0.2, 0.25) is 5.88 Å². The molecule has 5 heteroatoms. The summed E-state index contributed by atoms with van der Waals surface area (Å²) in [6.07, 6.45) is 2.89. The Hall–Kier alpha value is -2.56. The van der Waals surface area contributed by atoms with Gasteiger partial charge in [0, 0.05) is 16.5 Å². The third-order valence-corrected chi connectivity index (χ3v) is 4.82. The highest BCUT2D eigenvalue weighted by molar-refractivity contribution is 6.06. The molecule has 2 aromatic heterocycles. The molecule has 1 aliphatic rings. The number of aryl methyl sites for hydroxylation is 3. The van der Waals surface area contributed by atoms with Gasteiger partial charge in [-0.1, -0.05) is 23.7 Å². The van der Waals surface area contributed by atoms with Gasteiger partial charge in [0.25, 0.3) is 5.91 Å². The van der Waals surface area contributed by atoms with Crippen LogP contribution in [0.25, 0.3) is 11.0 Å². The Morgan fingerprint density at radius 3 is 3.00 bits per heavy atom. The van der Waals surface area contributed by atoms with Crippen LogP contribution in [0, 0.1) is 19.8 Å². The van der Waals surface area contributed by atoms with E-state index in [0.717, 1.165) is 52.6 Å². The minimum absolute atomic E-state index is 0.293. The largest absolute Gasteiger partial charge is 0.451 e. The summed E-state index contributed by atoms with van der Waals surface area (Å²) < 4.78 is 11.1. The number of aromatic nitrogens is 1. The number of nitrogens with one attached hydrogen (secondary N) is 1. The van der Waals surface area contributed by atoms with Crippen molar-refractivity contribution in [2.75, 3.05) is 5.32 Å². The summed E-state index contributed by atoms with van der Waals surface area (Å²) in [6, 6.07) is 5.90. The van der Waals surface area contributed by atoms with Crippen molar-refractivity contribution in [3.8, 4) is 0 Å². The van der Waals surface area contributed by atoms with Crippen LogP contribution in [0.2, 0.25) is 0 Å². The maximum atomic E-state index is 12.7. The number of anilines is 1. The second-order valence-corrected chi connectivity index (χ2v) is 6.79. The van der Waals surface area contributed by atoms with E-state index in [0.29, 0.717) is 17.6 Å². The molecule has 0 spiro atoms. The number of benzene rings is 1. The number of hydrogen-bond acceptors (Lipinski definition) is 4. The fraction of sp³-hybridized carbons (Fsp3) is 0.368. The summed E-state index contributed by atoms with van der Waals surface area (Å²) >= 11 is 0. The minimum atomic E-state index is -0.293. The van der Waals surface area contributed by atoms with E-state index in [-0.39, 0.29) is 5.91 Å². The first-order valence-electron chi connectivity index (χ1n) is 8.31. The molecule has 0 saturated heterocycles. The predicted octanol–water partition coefficient (Wildman–Crippen LogP) is 4.41. The van der Waals surface area contributed by atoms with Crippen LogP contribution in [0.3, 0.4) is 0 Å². The van der Waals surface area contributed by atoms with Crippen molar-refractivity contribution in [1.29, 1.82) is 0 Å². The predicted molar refractivity (Wildman–Crippen MR) is 91.3 cm³/mol. The van der Waals surface area contributed by atoms with Crippen molar-refractivity contribution >= 4 is 22.8 Å². The highest BCUT2D eigenvalue weighted by Crippen LogP contribution is 2.32. The monoisotopic (exact) mass is 324 g/mol. The fourth-order valence-electron chi connectivity index (χ4n) is 3.39. The molecule has 0 aliphatic heterocycles. The first-order chi connectivity index (χ1) is 11.5. The Labute approximate surface area is 140 Å². The molecule has 1 aromatic carbocycles. The van der Waals surface area contributed by atoms with Gasteiger partial charge in [-0.2, -0.15) is 0 Å². The van der Waals surface area contributed by atoms with Gasteiger partial charge in [-0.15, -0.1) is 0 Å². The van der Waals surface area contributed by atoms with Crippen LogP contribution in [0.15, 0.2) is 27.1 Å². The zero-order valence-corrected chi connectivity index (χ0v) is 14.1. The van der Waals surface area contributed by atoms with E-state index in [4.69, 9.17) is 8.94 Å². The number of fused-ring (bicyclic) bond motifs is 2. The highest BCUT2D eigenvalue weighted by atomic mass is 16.5. The van der Waals surface area contributed by atoms with Crippen LogP contribution in [-0.2, 0) is 12.8 Å². The summed E-state index contributed by atoms with van der Waals surface area (Å²) in [5, 5.41) is 7.90. The lowest BCUT2D eigenvalue weighted by atomic mass is 9.89. The van der Waals surface area contributed by atoms with Crippen molar-refractivity contribution in [3.63, 3.8) is 0 Å². The quantitative estimate of drug-likeness (QED) is 0.758. The maximum Gasteiger partial charge on any atom is 0.294 e. The van der Waals surface area contributed by atoms with E-state index in [2.05, 4.69) is 17.4 Å². The molecule has 3 aromatic rings. The number of carbonyl (C=O) groups is 1. The van der Waals surface area contributed by atoms with E-state index in [1.54, 1.807) is 0 Å². The molecule has 2 heterocycles. The lowest BCUT2D eigenvalue weighted by Gasteiger charge is -2.16. The third kappa shape index (κ3) is 2.40. The standard InChI is InChI=1S/C19H20N2O3/c1-10-4-6-15-14(9-10)19(24-21-15)20-18(22)17-12(3)13-8-11(2)5-7-16(13)23-17/h5,7-8,10H,4,6,9H2,1-3H3,(H,20,22)/t10-/m0/s1. The Kier molecular flexibility index (Phi) is 3.44. The van der Waals surface area contributed by atoms with Crippen LogP contribution in [0.5, 0.6) is 0 Å². The van der Waals surface area contributed by atoms with E-state index in [1.165, 1.54) is 0 Å². The summed E-state index contributed by atoms with van der Waals surface area (Å²) in [5.74, 6) is 1.06. The fourth-order valence-corrected chi connectivity index (χ4v) is 3.39. The van der Waals surface area contributed by atoms with Gasteiger partial charge in [-0.25, -0.2) is 0 Å². The van der Waals surface area contributed by atoms with Gasteiger partial charge >= 0.3 is 0 Å². The molecule has 24 heavy (non-hydrogen) atoms. The lowest BCUT2D eigenvalue weighted by molar-refractivity contribution is 0.0994. The van der Waals surface area contributed by atoms with Gasteiger partial charge < -0.3 is 8.94 Å². The van der Waals surface area contributed by atoms with E-state index in [1.807, 2.05) is 32.0 Å². The van der Waals surface area contributed by atoms with Crippen LogP contribution in [0.4, 0.5) is 5.88 Å². The molecule has 4 rings (SSSR count). The van der Waals surface area contributed by atoms with Crippen molar-refractivity contribution < 1.29 is 13.7 Å². The topological polar surface area (TPSA) is 68.3 Å². The van der Waals surface area contributed by atoms with Crippen LogP contribution >= 0.6 is 0 Å². The molecule has 1 aliphatic carbocycles. The minimum Gasteiger partial charge on any atom is -0.451 e. The van der Waals surface area contributed by atoms with Crippen molar-refractivity contribution in [3.05, 3.63) is 46.3 Å². The van der Waals surface area contributed by atoms with E-state index in [9.17, 15) is 4.79 Å². The lowest BCUT2D eigenvalue weighted by Crippen LogP contribution is -2.16. The summed E-state index contributed by atoms with van der Waals surface area (Å²) in [4.78, 5) is 12.7. The first-order valence-corrected chi connectivity index (χ1v) is 8.31. The van der Waals surface area contributed by atoms with Gasteiger partial charge in [0.15, 0.2) is 5.76 Å². The SMILES string of the molecule is Cc1ccc2oc(C(=O)Nc3onc4c3C[C@@H](C)CC4)c(C)c2c1. The average molecular weight is 324 g/mol. The molecule has 1 amide bonds. The van der Waals surface area contributed by atoms with Crippen LogP contribution < -0.4 is 5.32 Å². The van der Waals surface area contributed by atoms with Gasteiger partial charge in [-0.05, 0) is 51.2 Å². The zero-order chi connectivity index (χ0) is 16.8. The average Bonchev–Trinajstić information content (AvgIpc) is 3.09. The highest BCUT2D eigenvalue weighted by Gasteiger charge is 2.26. The molecule has 0 fully saturated rings. The molecule has 0 radical (unpaired) electrons. The molecule has 0 unspecified atom stereocenters. The molecule has 0 bridgehead atoms. The number of nitrogens with zero attached hydrogens (tertiary/aromatic N) is 1. The second kappa shape index (κ2) is 5.51. The molecule has 5 nitrogen and oxygen atoms in total. The normalized spacial score (nSPS) is 17.0. The maximum absolute atomic E-state index is 12.7. The molecule has 1 N–H and O–H groups in total. The van der Waals surface area contributed by atoms with Gasteiger partial charge in [0.1, 0.15) is 5.58 Å². The van der Waals surface area contributed by atoms with Crippen molar-refractivity contribution in [2.45, 2.75) is 40.0 Å². The molecule has 1 atom stereocenters. The second-order valence-electron chi connectivity index (χ2n) is 6.79. The summed E-state index contributed by atoms with van der Waals surface area (Å²) in [7, 11) is 0. The van der Waals surface area contributed by atoms with Gasteiger partial charge in [-0.3, -0.25) is 10.1 Å². The number of furan rings is 1. The molecular formula is C19H20N2O3. The van der Waals surface area contributed by atoms with E-state index < -0.39 is 0 Å². The van der Waals surface area contributed by atoms with Crippen molar-refractivity contribution in [2.24, 2.45) is 5.92 Å². The third-order valence-electron chi connectivity index (χ3n) is 4.82. The Morgan fingerprint density at radius 1 is 1.33 bits per heavy atom. The molecular weight excluding hydrogens is 304 g/mol. The van der Waals surface area contributed by atoms with Crippen LogP contribution in [0.1, 0.15) is 46.3 Å². The molecule has 124 valence electrons. The van der Waals surface area contributed by atoms with E-state index >= 15 is 0 Å². The van der Waals surface area contributed by atoms with Crippen molar-refractivity contribution in [1.82, 2.24) is 5.16 Å². The smallest absolute Gasteiger partial charge is 0.294 e. The summed E-state index contributed by atoms with van der Waals surface area (Å²) in [6.45, 7) is 6.12. The number of amides is 1. The summed E-state index contributed by atoms with van der Waals surface area (Å²) in [5.41, 5.74) is 4.67. The Balaban J connectivity index is 1.66. The number of rotatable bonds is 2.